The zero-order valence-electron chi connectivity index (χ0n) is 16.0. The molecule has 0 bridgehead atoms. The summed E-state index contributed by atoms with van der Waals surface area (Å²) in [5, 5.41) is 8.88. The number of rotatable bonds is 6. The predicted octanol–water partition coefficient (Wildman–Crippen LogP) is 6.07. The topological polar surface area (TPSA) is 55.2 Å². The molecule has 2 aromatic carbocycles. The molecule has 1 N–H and O–H groups in total. The normalized spacial score (nSPS) is 10.8. The minimum Gasteiger partial charge on any atom is -0.437 e. The maximum atomic E-state index is 12.7. The number of ether oxygens (including phenoxy) is 1. The summed E-state index contributed by atoms with van der Waals surface area (Å²) in [4.78, 5) is 9.43. The highest BCUT2D eigenvalue weighted by atomic mass is 32.2. The first-order chi connectivity index (χ1) is 14.0. The molecule has 0 atom stereocenters. The number of benzene rings is 2. The van der Waals surface area contributed by atoms with Gasteiger partial charge in [-0.1, -0.05) is 26.0 Å². The third kappa shape index (κ3) is 6.47. The van der Waals surface area contributed by atoms with E-state index < -0.39 is 11.7 Å². The summed E-state index contributed by atoms with van der Waals surface area (Å²) in [6.45, 7) is 4.10. The Kier molecular flexibility index (Phi) is 8.48. The molecule has 3 rings (SSSR count). The Balaban J connectivity index is 0.00000145. The fraction of sp³-hybridized carbons (Fsp3) is 0.238. The van der Waals surface area contributed by atoms with Crippen molar-refractivity contribution in [3.05, 3.63) is 66.5 Å². The monoisotopic (exact) mass is 422 g/mol. The first-order valence-electron chi connectivity index (χ1n) is 8.97. The summed E-state index contributed by atoms with van der Waals surface area (Å²) < 4.78 is 43.6. The molecule has 29 heavy (non-hydrogen) atoms. The lowest BCUT2D eigenvalue weighted by atomic mass is 10.1. The molecule has 0 amide bonds. The van der Waals surface area contributed by atoms with E-state index in [1.807, 2.05) is 38.1 Å². The van der Waals surface area contributed by atoms with Gasteiger partial charge in [0, 0.05) is 28.6 Å². The highest BCUT2D eigenvalue weighted by Gasteiger charge is 2.30. The minimum absolute atomic E-state index is 0.0989. The molecule has 0 aliphatic carbocycles. The van der Waals surface area contributed by atoms with Crippen LogP contribution in [-0.4, -0.2) is 27.4 Å². The molecule has 0 aliphatic rings. The van der Waals surface area contributed by atoms with Crippen LogP contribution in [0.5, 0.6) is 11.6 Å². The summed E-state index contributed by atoms with van der Waals surface area (Å²) in [5.41, 5.74) is 0.500. The first kappa shape index (κ1) is 22.7. The fourth-order valence-electron chi connectivity index (χ4n) is 2.29. The second-order valence-electron chi connectivity index (χ2n) is 5.43. The van der Waals surface area contributed by atoms with Gasteiger partial charge in [-0.15, -0.1) is 11.8 Å². The van der Waals surface area contributed by atoms with Gasteiger partial charge in [-0.3, -0.25) is 0 Å². The Labute approximate surface area is 171 Å². The first-order valence-corrected chi connectivity index (χ1v) is 9.96. The van der Waals surface area contributed by atoms with Gasteiger partial charge in [-0.25, -0.2) is 9.97 Å². The van der Waals surface area contributed by atoms with Crippen molar-refractivity contribution in [1.29, 1.82) is 0 Å². The lowest BCUT2D eigenvalue weighted by Crippen LogP contribution is -2.04. The van der Waals surface area contributed by atoms with E-state index in [-0.39, 0.29) is 18.2 Å². The number of alkyl halides is 3. The number of aliphatic hydroxyl groups excluding tert-OH is 1. The molecule has 8 heteroatoms. The molecular weight excluding hydrogens is 401 g/mol. The molecule has 3 aromatic rings. The van der Waals surface area contributed by atoms with Gasteiger partial charge < -0.3 is 9.84 Å². The molecule has 1 aromatic heterocycles. The molecule has 0 saturated heterocycles. The molecule has 0 radical (unpaired) electrons. The fourth-order valence-corrected chi connectivity index (χ4v) is 2.95. The number of aliphatic hydroxyl groups is 1. The molecule has 0 unspecified atom stereocenters. The van der Waals surface area contributed by atoms with E-state index in [1.54, 1.807) is 0 Å². The molecule has 154 valence electrons. The van der Waals surface area contributed by atoms with Crippen molar-refractivity contribution in [3.63, 3.8) is 0 Å². The minimum atomic E-state index is -4.40. The van der Waals surface area contributed by atoms with E-state index in [0.29, 0.717) is 11.4 Å². The highest BCUT2D eigenvalue weighted by Crippen LogP contribution is 2.33. The van der Waals surface area contributed by atoms with Crippen molar-refractivity contribution in [2.24, 2.45) is 0 Å². The third-order valence-corrected chi connectivity index (χ3v) is 4.54. The van der Waals surface area contributed by atoms with Gasteiger partial charge in [0.05, 0.1) is 12.2 Å². The van der Waals surface area contributed by atoms with Gasteiger partial charge in [-0.2, -0.15) is 13.2 Å². The van der Waals surface area contributed by atoms with Crippen LogP contribution in [0.25, 0.3) is 11.3 Å². The molecule has 0 saturated carbocycles. The summed E-state index contributed by atoms with van der Waals surface area (Å²) in [5.74, 6) is 1.04. The molecule has 0 aliphatic heterocycles. The summed E-state index contributed by atoms with van der Waals surface area (Å²) in [7, 11) is 0. The van der Waals surface area contributed by atoms with Crippen molar-refractivity contribution in [1.82, 2.24) is 9.97 Å². The Morgan fingerprint density at radius 1 is 0.931 bits per heavy atom. The number of halogens is 3. The van der Waals surface area contributed by atoms with Gasteiger partial charge in [0.1, 0.15) is 11.4 Å². The van der Waals surface area contributed by atoms with Crippen molar-refractivity contribution < 1.29 is 23.0 Å². The number of hydrogen-bond acceptors (Lipinski definition) is 5. The van der Waals surface area contributed by atoms with E-state index in [1.165, 1.54) is 36.3 Å². The van der Waals surface area contributed by atoms with Gasteiger partial charge >= 0.3 is 6.18 Å². The van der Waals surface area contributed by atoms with Crippen LogP contribution in [0.1, 0.15) is 19.4 Å². The Hall–Kier alpha value is -2.58. The average Bonchev–Trinajstić information content (AvgIpc) is 2.74. The maximum Gasteiger partial charge on any atom is 0.416 e. The quantitative estimate of drug-likeness (QED) is 0.489. The van der Waals surface area contributed by atoms with E-state index in [9.17, 15) is 13.2 Å². The second kappa shape index (κ2) is 10.8. The van der Waals surface area contributed by atoms with Crippen molar-refractivity contribution in [3.8, 4) is 22.9 Å². The molecular formula is C21H21F3N2O2S. The van der Waals surface area contributed by atoms with Crippen molar-refractivity contribution in [2.45, 2.75) is 24.9 Å². The van der Waals surface area contributed by atoms with Crippen LogP contribution in [0.4, 0.5) is 13.2 Å². The summed E-state index contributed by atoms with van der Waals surface area (Å²) in [6, 6.07) is 11.9. The summed E-state index contributed by atoms with van der Waals surface area (Å²) >= 11 is 1.53. The highest BCUT2D eigenvalue weighted by molar-refractivity contribution is 7.99. The number of nitrogens with zero attached hydrogens (tertiary/aromatic N) is 2. The van der Waals surface area contributed by atoms with E-state index >= 15 is 0 Å². The van der Waals surface area contributed by atoms with Crippen LogP contribution in [0.15, 0.2) is 65.8 Å². The molecule has 0 fully saturated rings. The van der Waals surface area contributed by atoms with Crippen LogP contribution in [-0.2, 0) is 6.18 Å². The average molecular weight is 422 g/mol. The molecule has 1 heterocycles. The number of hydrogen-bond donors (Lipinski definition) is 1. The van der Waals surface area contributed by atoms with Crippen LogP contribution >= 0.6 is 11.8 Å². The smallest absolute Gasteiger partial charge is 0.416 e. The number of thioether (sulfide) groups is 1. The van der Waals surface area contributed by atoms with Gasteiger partial charge in [0.15, 0.2) is 0 Å². The van der Waals surface area contributed by atoms with Gasteiger partial charge in [0.25, 0.3) is 0 Å². The standard InChI is InChI=1S/C19H15F3N2O2S.C2H6/c20-19(21,22)14-3-5-15(6-4-14)26-18-17(23-9-10-24-18)13-1-7-16(8-2-13)27-12-11-25;1-2/h1-10,25H,11-12H2;1-2H3. The predicted molar refractivity (Wildman–Crippen MR) is 108 cm³/mol. The Bertz CT molecular complexity index is 886. The zero-order valence-corrected chi connectivity index (χ0v) is 16.8. The lowest BCUT2D eigenvalue weighted by Gasteiger charge is -2.11. The van der Waals surface area contributed by atoms with E-state index in [2.05, 4.69) is 9.97 Å². The molecule has 4 nitrogen and oxygen atoms in total. The van der Waals surface area contributed by atoms with E-state index in [0.717, 1.165) is 22.6 Å². The van der Waals surface area contributed by atoms with Crippen LogP contribution in [0.3, 0.4) is 0 Å². The van der Waals surface area contributed by atoms with Crippen molar-refractivity contribution >= 4 is 11.8 Å². The lowest BCUT2D eigenvalue weighted by molar-refractivity contribution is -0.137. The van der Waals surface area contributed by atoms with Crippen LogP contribution in [0, 0.1) is 0 Å². The number of aromatic nitrogens is 2. The second-order valence-corrected chi connectivity index (χ2v) is 6.60. The third-order valence-electron chi connectivity index (χ3n) is 3.55. The van der Waals surface area contributed by atoms with Gasteiger partial charge in [0.2, 0.25) is 5.88 Å². The Morgan fingerprint density at radius 2 is 1.55 bits per heavy atom. The largest absolute Gasteiger partial charge is 0.437 e. The maximum absolute atomic E-state index is 12.7. The zero-order chi connectivity index (χ0) is 21.3. The SMILES string of the molecule is CC.OCCSc1ccc(-c2nccnc2Oc2ccc(C(F)(F)F)cc2)cc1. The molecule has 0 spiro atoms. The van der Waals surface area contributed by atoms with Gasteiger partial charge in [-0.05, 0) is 36.4 Å². The van der Waals surface area contributed by atoms with Crippen LogP contribution in [0.2, 0.25) is 0 Å². The summed E-state index contributed by atoms with van der Waals surface area (Å²) in [6.07, 6.45) is -1.43. The van der Waals surface area contributed by atoms with Crippen molar-refractivity contribution in [2.75, 3.05) is 12.4 Å². The Morgan fingerprint density at radius 3 is 2.14 bits per heavy atom. The van der Waals surface area contributed by atoms with Crippen LogP contribution < -0.4 is 4.74 Å². The van der Waals surface area contributed by atoms with E-state index in [4.69, 9.17) is 9.84 Å².